The van der Waals surface area contributed by atoms with Gasteiger partial charge >= 0.3 is 0 Å². The maximum absolute atomic E-state index is 6.05. The molecule has 2 aliphatic rings. The molecule has 0 unspecified atom stereocenters. The molecule has 0 N–H and O–H groups in total. The third-order valence-corrected chi connectivity index (χ3v) is 5.40. The molecular formula is C20H25N3O2. The van der Waals surface area contributed by atoms with Gasteiger partial charge in [-0.05, 0) is 61.5 Å². The summed E-state index contributed by atoms with van der Waals surface area (Å²) in [7, 11) is 0. The molecule has 0 radical (unpaired) electrons. The minimum Gasteiger partial charge on any atom is -0.489 e. The molecule has 1 atom stereocenters. The summed E-state index contributed by atoms with van der Waals surface area (Å²) in [5, 5.41) is 0. The van der Waals surface area contributed by atoms with E-state index in [2.05, 4.69) is 20.9 Å². The molecule has 0 amide bonds. The molecule has 5 heteroatoms. The fourth-order valence-corrected chi connectivity index (χ4v) is 3.91. The van der Waals surface area contributed by atoms with Crippen LogP contribution >= 0.6 is 0 Å². The van der Waals surface area contributed by atoms with Crippen LogP contribution in [-0.4, -0.2) is 47.3 Å². The Balaban J connectivity index is 1.24. The van der Waals surface area contributed by atoms with Gasteiger partial charge in [-0.15, -0.1) is 0 Å². The Kier molecular flexibility index (Phi) is 4.95. The number of aromatic nitrogens is 2. The number of ether oxygens (including phenoxy) is 2. The molecule has 0 aliphatic carbocycles. The van der Waals surface area contributed by atoms with Crippen LogP contribution in [0.1, 0.15) is 24.8 Å². The first-order chi connectivity index (χ1) is 12.3. The van der Waals surface area contributed by atoms with E-state index < -0.39 is 0 Å². The second-order valence-corrected chi connectivity index (χ2v) is 7.27. The lowest BCUT2D eigenvalue weighted by Gasteiger charge is -2.38. The molecule has 5 nitrogen and oxygen atoms in total. The van der Waals surface area contributed by atoms with Crippen molar-refractivity contribution in [2.24, 2.45) is 5.41 Å². The van der Waals surface area contributed by atoms with E-state index in [-0.39, 0.29) is 6.10 Å². The number of hydrogen-bond donors (Lipinski definition) is 0. The van der Waals surface area contributed by atoms with Gasteiger partial charge in [-0.1, -0.05) is 6.07 Å². The van der Waals surface area contributed by atoms with Crippen LogP contribution in [0, 0.1) is 5.41 Å². The fourth-order valence-electron chi connectivity index (χ4n) is 3.91. The van der Waals surface area contributed by atoms with Crippen LogP contribution in [0.5, 0.6) is 5.75 Å². The third kappa shape index (κ3) is 4.17. The number of pyridine rings is 2. The summed E-state index contributed by atoms with van der Waals surface area (Å²) >= 11 is 0. The van der Waals surface area contributed by atoms with Crippen LogP contribution in [0.3, 0.4) is 0 Å². The van der Waals surface area contributed by atoms with Crippen molar-refractivity contribution in [1.29, 1.82) is 0 Å². The quantitative estimate of drug-likeness (QED) is 0.838. The third-order valence-electron chi connectivity index (χ3n) is 5.40. The van der Waals surface area contributed by atoms with Gasteiger partial charge in [0, 0.05) is 25.1 Å². The van der Waals surface area contributed by atoms with Crippen molar-refractivity contribution in [2.75, 3.05) is 26.3 Å². The highest BCUT2D eigenvalue weighted by atomic mass is 16.5. The van der Waals surface area contributed by atoms with Gasteiger partial charge in [-0.3, -0.25) is 14.9 Å². The molecule has 2 aliphatic heterocycles. The van der Waals surface area contributed by atoms with Crippen molar-refractivity contribution in [1.82, 2.24) is 14.9 Å². The molecule has 2 saturated heterocycles. The first kappa shape index (κ1) is 16.5. The zero-order valence-electron chi connectivity index (χ0n) is 14.5. The van der Waals surface area contributed by atoms with E-state index in [9.17, 15) is 0 Å². The number of hydrogen-bond acceptors (Lipinski definition) is 5. The van der Waals surface area contributed by atoms with Gasteiger partial charge < -0.3 is 9.47 Å². The molecule has 1 spiro atoms. The van der Waals surface area contributed by atoms with Gasteiger partial charge in [0.2, 0.25) is 0 Å². The van der Waals surface area contributed by atoms with Crippen LogP contribution in [0.4, 0.5) is 0 Å². The average molecular weight is 339 g/mol. The summed E-state index contributed by atoms with van der Waals surface area (Å²) < 4.78 is 11.9. The fraction of sp³-hybridized carbons (Fsp3) is 0.500. The lowest BCUT2D eigenvalue weighted by atomic mass is 9.76. The maximum atomic E-state index is 6.05. The van der Waals surface area contributed by atoms with Crippen molar-refractivity contribution in [3.05, 3.63) is 54.6 Å². The van der Waals surface area contributed by atoms with E-state index in [1.165, 1.54) is 18.4 Å². The molecule has 0 bridgehead atoms. The molecular weight excluding hydrogens is 314 g/mol. The zero-order chi connectivity index (χ0) is 17.0. The van der Waals surface area contributed by atoms with Crippen LogP contribution in [0.2, 0.25) is 0 Å². The maximum Gasteiger partial charge on any atom is 0.137 e. The predicted molar refractivity (Wildman–Crippen MR) is 95.3 cm³/mol. The van der Waals surface area contributed by atoms with Gasteiger partial charge in [0.25, 0.3) is 0 Å². The number of rotatable bonds is 5. The largest absolute Gasteiger partial charge is 0.489 e. The van der Waals surface area contributed by atoms with Crippen LogP contribution in [-0.2, 0) is 11.3 Å². The van der Waals surface area contributed by atoms with Crippen molar-refractivity contribution in [3.8, 4) is 5.75 Å². The molecule has 0 saturated carbocycles. The van der Waals surface area contributed by atoms with Crippen LogP contribution in [0.15, 0.2) is 49.1 Å². The lowest BCUT2D eigenvalue weighted by Crippen LogP contribution is -2.40. The SMILES string of the molecule is c1cncc(CN2CCC3(CC2)CO[C@@H](COc2cccnc2)C3)c1. The van der Waals surface area contributed by atoms with E-state index in [0.29, 0.717) is 12.0 Å². The normalized spacial score (nSPS) is 23.0. The Morgan fingerprint density at radius 3 is 2.64 bits per heavy atom. The van der Waals surface area contributed by atoms with E-state index >= 15 is 0 Å². The Labute approximate surface area is 149 Å². The van der Waals surface area contributed by atoms with Gasteiger partial charge in [0.1, 0.15) is 12.4 Å². The number of likely N-dealkylation sites (tertiary alicyclic amines) is 1. The topological polar surface area (TPSA) is 47.5 Å². The zero-order valence-corrected chi connectivity index (χ0v) is 14.5. The molecule has 4 rings (SSSR count). The van der Waals surface area contributed by atoms with Gasteiger partial charge in [-0.25, -0.2) is 0 Å². The minimum atomic E-state index is 0.199. The van der Waals surface area contributed by atoms with Crippen molar-refractivity contribution in [3.63, 3.8) is 0 Å². The van der Waals surface area contributed by atoms with E-state index in [4.69, 9.17) is 9.47 Å². The van der Waals surface area contributed by atoms with E-state index in [1.807, 2.05) is 30.6 Å². The summed E-state index contributed by atoms with van der Waals surface area (Å²) in [5.74, 6) is 0.818. The molecule has 132 valence electrons. The molecule has 0 aromatic carbocycles. The summed E-state index contributed by atoms with van der Waals surface area (Å²) in [6.07, 6.45) is 11.0. The van der Waals surface area contributed by atoms with Gasteiger partial charge in [-0.2, -0.15) is 0 Å². The number of nitrogens with zero attached hydrogens (tertiary/aromatic N) is 3. The van der Waals surface area contributed by atoms with Crippen LogP contribution < -0.4 is 4.74 Å². The summed E-state index contributed by atoms with van der Waals surface area (Å²) in [4.78, 5) is 10.8. The average Bonchev–Trinajstić information content (AvgIpc) is 3.07. The summed E-state index contributed by atoms with van der Waals surface area (Å²) in [6, 6.07) is 8.00. The van der Waals surface area contributed by atoms with Gasteiger partial charge in [0.05, 0.1) is 18.9 Å². The highest BCUT2D eigenvalue weighted by Crippen LogP contribution is 2.42. The molecule has 2 aromatic rings. The lowest BCUT2D eigenvalue weighted by molar-refractivity contribution is 0.0470. The minimum absolute atomic E-state index is 0.199. The number of piperidine rings is 1. The molecule has 4 heterocycles. The Bertz CT molecular complexity index is 657. The summed E-state index contributed by atoms with van der Waals surface area (Å²) in [6.45, 7) is 4.75. The predicted octanol–water partition coefficient (Wildman–Crippen LogP) is 2.93. The first-order valence-electron chi connectivity index (χ1n) is 9.07. The second-order valence-electron chi connectivity index (χ2n) is 7.27. The van der Waals surface area contributed by atoms with E-state index in [0.717, 1.165) is 38.4 Å². The van der Waals surface area contributed by atoms with Crippen molar-refractivity contribution in [2.45, 2.75) is 31.9 Å². The standard InChI is InChI=1S/C20H25N3O2/c1-3-17(12-21-7-1)14-23-9-5-20(6-10-23)11-19(25-16-20)15-24-18-4-2-8-22-13-18/h1-4,7-8,12-13,19H,5-6,9-11,14-16H2/t19-/m1/s1. The summed E-state index contributed by atoms with van der Waals surface area (Å²) in [5.41, 5.74) is 1.64. The molecule has 25 heavy (non-hydrogen) atoms. The van der Waals surface area contributed by atoms with Crippen LogP contribution in [0.25, 0.3) is 0 Å². The smallest absolute Gasteiger partial charge is 0.137 e. The highest BCUT2D eigenvalue weighted by molar-refractivity contribution is 5.15. The highest BCUT2D eigenvalue weighted by Gasteiger charge is 2.42. The van der Waals surface area contributed by atoms with Crippen molar-refractivity contribution >= 4 is 0 Å². The Hall–Kier alpha value is -1.98. The monoisotopic (exact) mass is 339 g/mol. The van der Waals surface area contributed by atoms with Gasteiger partial charge in [0.15, 0.2) is 0 Å². The van der Waals surface area contributed by atoms with Crippen molar-refractivity contribution < 1.29 is 9.47 Å². The van der Waals surface area contributed by atoms with E-state index in [1.54, 1.807) is 12.4 Å². The molecule has 2 fully saturated rings. The second kappa shape index (κ2) is 7.50. The first-order valence-corrected chi connectivity index (χ1v) is 9.07. The Morgan fingerprint density at radius 1 is 1.12 bits per heavy atom. The Morgan fingerprint density at radius 2 is 1.92 bits per heavy atom. The molecule has 2 aromatic heterocycles.